The Morgan fingerprint density at radius 2 is 2.00 bits per heavy atom. The molecule has 88 valence electrons. The molecule has 1 aliphatic rings. The van der Waals surface area contributed by atoms with Crippen LogP contribution in [0, 0.1) is 6.92 Å². The average Bonchev–Trinajstić information content (AvgIpc) is 2.33. The molecule has 0 atom stereocenters. The predicted molar refractivity (Wildman–Crippen MR) is 67.8 cm³/mol. The van der Waals surface area contributed by atoms with Crippen molar-refractivity contribution in [2.24, 2.45) is 0 Å². The molecule has 0 bridgehead atoms. The molecule has 3 heteroatoms. The quantitative estimate of drug-likeness (QED) is 0.776. The van der Waals surface area contributed by atoms with E-state index in [0.717, 1.165) is 31.7 Å². The van der Waals surface area contributed by atoms with Gasteiger partial charge in [0.15, 0.2) is 0 Å². The molecular formula is C13H20N2O. The number of nitrogen functional groups attached to an aromatic ring is 1. The molecule has 0 aliphatic carbocycles. The second kappa shape index (κ2) is 4.74. The molecule has 2 N–H and O–H groups in total. The molecule has 0 saturated carbocycles. The molecule has 1 fully saturated rings. The maximum Gasteiger partial charge on any atom is 0.0485 e. The standard InChI is InChI=1S/C13H20N2O/c1-10-12(14)4-3-5-13(10)15(2)11-6-8-16-9-7-11/h3-5,11H,6-9,14H2,1-2H3. The van der Waals surface area contributed by atoms with Gasteiger partial charge in [0.25, 0.3) is 0 Å². The van der Waals surface area contributed by atoms with Crippen LogP contribution in [0.4, 0.5) is 11.4 Å². The minimum atomic E-state index is 0.578. The highest BCUT2D eigenvalue weighted by molar-refractivity contribution is 5.64. The number of nitrogens with zero attached hydrogens (tertiary/aromatic N) is 1. The van der Waals surface area contributed by atoms with E-state index in [1.165, 1.54) is 11.3 Å². The lowest BCUT2D eigenvalue weighted by Gasteiger charge is -2.34. The van der Waals surface area contributed by atoms with Gasteiger partial charge in [0.05, 0.1) is 0 Å². The van der Waals surface area contributed by atoms with E-state index in [2.05, 4.69) is 24.9 Å². The molecule has 0 amide bonds. The zero-order valence-electron chi connectivity index (χ0n) is 10.1. The van der Waals surface area contributed by atoms with Crippen LogP contribution in [0.25, 0.3) is 0 Å². The van der Waals surface area contributed by atoms with Crippen LogP contribution in [-0.4, -0.2) is 26.3 Å². The molecule has 1 heterocycles. The highest BCUT2D eigenvalue weighted by Crippen LogP contribution is 2.27. The molecule has 0 radical (unpaired) electrons. The summed E-state index contributed by atoms with van der Waals surface area (Å²) in [5.74, 6) is 0. The van der Waals surface area contributed by atoms with Gasteiger partial charge < -0.3 is 15.4 Å². The number of hydrogen-bond acceptors (Lipinski definition) is 3. The first-order valence-corrected chi connectivity index (χ1v) is 5.86. The highest BCUT2D eigenvalue weighted by Gasteiger charge is 2.20. The normalized spacial score (nSPS) is 17.4. The van der Waals surface area contributed by atoms with Crippen LogP contribution in [0.5, 0.6) is 0 Å². The van der Waals surface area contributed by atoms with Gasteiger partial charge in [0.2, 0.25) is 0 Å². The van der Waals surface area contributed by atoms with E-state index in [-0.39, 0.29) is 0 Å². The number of ether oxygens (including phenoxy) is 1. The van der Waals surface area contributed by atoms with Crippen LogP contribution in [-0.2, 0) is 4.74 Å². The largest absolute Gasteiger partial charge is 0.398 e. The first-order valence-electron chi connectivity index (χ1n) is 5.86. The summed E-state index contributed by atoms with van der Waals surface area (Å²) in [4.78, 5) is 2.34. The Bertz CT molecular complexity index is 359. The van der Waals surface area contributed by atoms with Crippen molar-refractivity contribution >= 4 is 11.4 Å². The Morgan fingerprint density at radius 3 is 2.69 bits per heavy atom. The molecule has 0 unspecified atom stereocenters. The van der Waals surface area contributed by atoms with E-state index in [1.807, 2.05) is 12.1 Å². The molecule has 0 aromatic heterocycles. The van der Waals surface area contributed by atoms with E-state index < -0.39 is 0 Å². The van der Waals surface area contributed by atoms with Gasteiger partial charge in [0, 0.05) is 37.7 Å². The summed E-state index contributed by atoms with van der Waals surface area (Å²) in [6.07, 6.45) is 2.20. The molecular weight excluding hydrogens is 200 g/mol. The lowest BCUT2D eigenvalue weighted by atomic mass is 10.0. The van der Waals surface area contributed by atoms with Gasteiger partial charge in [-0.2, -0.15) is 0 Å². The Hall–Kier alpha value is -1.22. The molecule has 3 nitrogen and oxygen atoms in total. The van der Waals surface area contributed by atoms with Crippen LogP contribution in [0.2, 0.25) is 0 Å². The average molecular weight is 220 g/mol. The fourth-order valence-corrected chi connectivity index (χ4v) is 2.29. The van der Waals surface area contributed by atoms with Crippen LogP contribution < -0.4 is 10.6 Å². The third-order valence-corrected chi connectivity index (χ3v) is 3.47. The zero-order valence-corrected chi connectivity index (χ0v) is 10.1. The van der Waals surface area contributed by atoms with Crippen molar-refractivity contribution < 1.29 is 4.74 Å². The van der Waals surface area contributed by atoms with Crippen molar-refractivity contribution in [1.29, 1.82) is 0 Å². The van der Waals surface area contributed by atoms with Crippen molar-refractivity contribution in [3.05, 3.63) is 23.8 Å². The molecule has 16 heavy (non-hydrogen) atoms. The van der Waals surface area contributed by atoms with Crippen molar-refractivity contribution in [3.63, 3.8) is 0 Å². The fraction of sp³-hybridized carbons (Fsp3) is 0.538. The summed E-state index contributed by atoms with van der Waals surface area (Å²) in [7, 11) is 2.15. The summed E-state index contributed by atoms with van der Waals surface area (Å²) >= 11 is 0. The van der Waals surface area contributed by atoms with Gasteiger partial charge in [-0.25, -0.2) is 0 Å². The summed E-state index contributed by atoms with van der Waals surface area (Å²) in [6.45, 7) is 3.83. The zero-order chi connectivity index (χ0) is 11.5. The highest BCUT2D eigenvalue weighted by atomic mass is 16.5. The molecule has 1 saturated heterocycles. The molecule has 1 aromatic rings. The summed E-state index contributed by atoms with van der Waals surface area (Å²) < 4.78 is 5.39. The topological polar surface area (TPSA) is 38.5 Å². The Morgan fingerprint density at radius 1 is 1.31 bits per heavy atom. The van der Waals surface area contributed by atoms with Crippen LogP contribution in [0.1, 0.15) is 18.4 Å². The SMILES string of the molecule is Cc1c(N)cccc1N(C)C1CCOCC1. The van der Waals surface area contributed by atoms with Crippen molar-refractivity contribution in [1.82, 2.24) is 0 Å². The van der Waals surface area contributed by atoms with Crippen LogP contribution in [0.15, 0.2) is 18.2 Å². The lowest BCUT2D eigenvalue weighted by molar-refractivity contribution is 0.0855. The number of benzene rings is 1. The summed E-state index contributed by atoms with van der Waals surface area (Å²) in [6, 6.07) is 6.69. The smallest absolute Gasteiger partial charge is 0.0485 e. The van der Waals surface area contributed by atoms with E-state index >= 15 is 0 Å². The minimum Gasteiger partial charge on any atom is -0.398 e. The third kappa shape index (κ3) is 2.14. The first kappa shape index (κ1) is 11.3. The van der Waals surface area contributed by atoms with Gasteiger partial charge in [-0.3, -0.25) is 0 Å². The monoisotopic (exact) mass is 220 g/mol. The third-order valence-electron chi connectivity index (χ3n) is 3.47. The molecule has 0 spiro atoms. The maximum absolute atomic E-state index is 5.94. The second-order valence-electron chi connectivity index (χ2n) is 4.45. The maximum atomic E-state index is 5.94. The molecule has 1 aliphatic heterocycles. The predicted octanol–water partition coefficient (Wildman–Crippen LogP) is 2.19. The van der Waals surface area contributed by atoms with Gasteiger partial charge in [-0.05, 0) is 37.5 Å². The van der Waals surface area contributed by atoms with E-state index in [0.29, 0.717) is 6.04 Å². The van der Waals surface area contributed by atoms with Crippen LogP contribution in [0.3, 0.4) is 0 Å². The van der Waals surface area contributed by atoms with Crippen molar-refractivity contribution in [2.75, 3.05) is 30.9 Å². The number of rotatable bonds is 2. The van der Waals surface area contributed by atoms with Crippen molar-refractivity contribution in [3.8, 4) is 0 Å². The van der Waals surface area contributed by atoms with Gasteiger partial charge >= 0.3 is 0 Å². The van der Waals surface area contributed by atoms with E-state index in [1.54, 1.807) is 0 Å². The first-order chi connectivity index (χ1) is 7.70. The molecule has 2 rings (SSSR count). The Kier molecular flexibility index (Phi) is 3.34. The molecule has 1 aromatic carbocycles. The van der Waals surface area contributed by atoms with E-state index in [4.69, 9.17) is 10.5 Å². The lowest BCUT2D eigenvalue weighted by Crippen LogP contribution is -2.37. The minimum absolute atomic E-state index is 0.578. The van der Waals surface area contributed by atoms with Gasteiger partial charge in [-0.15, -0.1) is 0 Å². The Balaban J connectivity index is 2.19. The fourth-order valence-electron chi connectivity index (χ4n) is 2.29. The van der Waals surface area contributed by atoms with Crippen LogP contribution >= 0.6 is 0 Å². The number of anilines is 2. The van der Waals surface area contributed by atoms with Gasteiger partial charge in [-0.1, -0.05) is 6.07 Å². The number of hydrogen-bond donors (Lipinski definition) is 1. The summed E-state index contributed by atoms with van der Waals surface area (Å²) in [5.41, 5.74) is 9.23. The number of nitrogens with two attached hydrogens (primary N) is 1. The van der Waals surface area contributed by atoms with E-state index in [9.17, 15) is 0 Å². The second-order valence-corrected chi connectivity index (χ2v) is 4.45. The Labute approximate surface area is 97.2 Å². The summed E-state index contributed by atoms with van der Waals surface area (Å²) in [5, 5.41) is 0. The van der Waals surface area contributed by atoms with Gasteiger partial charge in [0.1, 0.15) is 0 Å². The van der Waals surface area contributed by atoms with Crippen molar-refractivity contribution in [2.45, 2.75) is 25.8 Å².